The molecule has 0 aromatic carbocycles. The number of nitrogens with zero attached hydrogens (tertiary/aromatic N) is 1. The molecule has 0 aromatic rings. The number of hydrogen-bond donors (Lipinski definition) is 1. The first kappa shape index (κ1) is 10.1. The van der Waals surface area contributed by atoms with Crippen molar-refractivity contribution in [2.24, 2.45) is 5.73 Å². The Hall–Kier alpha value is 0.140. The minimum Gasteiger partial charge on any atom is -0.325 e. The van der Waals surface area contributed by atoms with Crippen LogP contribution in [0.3, 0.4) is 0 Å². The molecular weight excluding hydrogens is 155 g/mol. The first-order chi connectivity index (χ1) is 4.33. The van der Waals surface area contributed by atoms with Crippen LogP contribution in [0.15, 0.2) is 0 Å². The van der Waals surface area contributed by atoms with Crippen molar-refractivity contribution < 1.29 is 4.39 Å². The molecule has 0 radical (unpaired) electrons. The zero-order chi connectivity index (χ0) is 6.69. The summed E-state index contributed by atoms with van der Waals surface area (Å²) >= 11 is 0. The molecule has 0 aromatic heterocycles. The largest absolute Gasteiger partial charge is 0.325 e. The lowest BCUT2D eigenvalue weighted by atomic mass is 10.1. The molecule has 2 nitrogen and oxygen atoms in total. The van der Waals surface area contributed by atoms with Crippen LogP contribution in [0, 0.1) is 0 Å². The van der Waals surface area contributed by atoms with E-state index in [9.17, 15) is 4.39 Å². The molecule has 1 heterocycles. The highest BCUT2D eigenvalue weighted by Crippen LogP contribution is 2.04. The van der Waals surface area contributed by atoms with E-state index in [2.05, 4.69) is 4.90 Å². The lowest BCUT2D eigenvalue weighted by Crippen LogP contribution is -2.55. The first-order valence-electron chi connectivity index (χ1n) is 3.37. The van der Waals surface area contributed by atoms with Crippen LogP contribution in [0.2, 0.25) is 0 Å². The van der Waals surface area contributed by atoms with Crippen LogP contribution >= 0.6 is 12.4 Å². The van der Waals surface area contributed by atoms with Gasteiger partial charge in [0.05, 0.1) is 6.67 Å². The van der Waals surface area contributed by atoms with Crippen molar-refractivity contribution in [3.63, 3.8) is 0 Å². The summed E-state index contributed by atoms with van der Waals surface area (Å²) in [7, 11) is 0. The molecule has 2 N–H and O–H groups in total. The summed E-state index contributed by atoms with van der Waals surface area (Å²) in [5, 5.41) is 0. The van der Waals surface area contributed by atoms with Crippen LogP contribution in [0.25, 0.3) is 0 Å². The zero-order valence-electron chi connectivity index (χ0n) is 5.92. The Balaban J connectivity index is 0.000000810. The highest BCUT2D eigenvalue weighted by atomic mass is 35.5. The van der Waals surface area contributed by atoms with Gasteiger partial charge < -0.3 is 10.6 Å². The van der Waals surface area contributed by atoms with Gasteiger partial charge in [0.25, 0.3) is 0 Å². The predicted molar refractivity (Wildman–Crippen MR) is 42.3 cm³/mol. The van der Waals surface area contributed by atoms with E-state index < -0.39 is 0 Å². The van der Waals surface area contributed by atoms with Crippen molar-refractivity contribution in [2.45, 2.75) is 12.5 Å². The average molecular weight is 169 g/mol. The van der Waals surface area contributed by atoms with Gasteiger partial charge in [-0.25, -0.2) is 0 Å². The monoisotopic (exact) mass is 168 g/mol. The van der Waals surface area contributed by atoms with Crippen LogP contribution in [-0.4, -0.2) is 37.3 Å². The minimum absolute atomic E-state index is 0. The van der Waals surface area contributed by atoms with E-state index >= 15 is 0 Å². The smallest absolute Gasteiger partial charge is 0.0906 e. The summed E-state index contributed by atoms with van der Waals surface area (Å²) in [5.74, 6) is 0. The second-order valence-electron chi connectivity index (χ2n) is 2.56. The van der Waals surface area contributed by atoms with E-state index in [-0.39, 0.29) is 19.1 Å². The molecule has 0 saturated carbocycles. The Morgan fingerprint density at radius 1 is 1.50 bits per heavy atom. The second-order valence-corrected chi connectivity index (χ2v) is 2.56. The molecule has 1 aliphatic heterocycles. The van der Waals surface area contributed by atoms with Crippen molar-refractivity contribution in [1.82, 2.24) is 4.90 Å². The van der Waals surface area contributed by atoms with Gasteiger partial charge in [-0.05, 0) is 6.42 Å². The van der Waals surface area contributed by atoms with Crippen LogP contribution < -0.4 is 5.73 Å². The molecule has 10 heavy (non-hydrogen) atoms. The predicted octanol–water partition coefficient (Wildman–Crippen LogP) is 0.411. The molecule has 0 spiro atoms. The summed E-state index contributed by atoms with van der Waals surface area (Å²) in [4.78, 5) is 2.17. The van der Waals surface area contributed by atoms with E-state index in [0.717, 1.165) is 19.6 Å². The molecule has 4 heteroatoms. The molecular formula is C6H14ClFN2. The maximum absolute atomic E-state index is 11.6. The van der Waals surface area contributed by atoms with Gasteiger partial charge in [-0.15, -0.1) is 12.4 Å². The molecule has 0 atom stereocenters. The maximum atomic E-state index is 11.6. The fourth-order valence-electron chi connectivity index (χ4n) is 1.08. The first-order valence-corrected chi connectivity index (χ1v) is 3.37. The second kappa shape index (κ2) is 4.88. The topological polar surface area (TPSA) is 29.3 Å². The number of halogens is 2. The Labute approximate surface area is 67.0 Å². The molecule has 1 saturated heterocycles. The summed E-state index contributed by atoms with van der Waals surface area (Å²) < 4.78 is 11.6. The van der Waals surface area contributed by atoms with Crippen molar-refractivity contribution in [2.75, 3.05) is 26.3 Å². The van der Waals surface area contributed by atoms with Crippen molar-refractivity contribution in [1.29, 1.82) is 0 Å². The summed E-state index contributed by atoms with van der Waals surface area (Å²) in [6, 6.07) is 0.351. The standard InChI is InChI=1S/C6H13FN2.ClH/c7-2-1-3-9-4-6(8)5-9;/h6H,1-5,8H2;1H. The molecule has 62 valence electrons. The summed E-state index contributed by atoms with van der Waals surface area (Å²) in [5.41, 5.74) is 5.51. The van der Waals surface area contributed by atoms with Crippen LogP contribution in [0.5, 0.6) is 0 Å². The minimum atomic E-state index is -0.203. The number of hydrogen-bond acceptors (Lipinski definition) is 2. The van der Waals surface area contributed by atoms with Gasteiger partial charge >= 0.3 is 0 Å². The summed E-state index contributed by atoms with van der Waals surface area (Å²) in [6.07, 6.45) is 0.659. The molecule has 1 fully saturated rings. The van der Waals surface area contributed by atoms with Crippen LogP contribution in [0.1, 0.15) is 6.42 Å². The maximum Gasteiger partial charge on any atom is 0.0906 e. The molecule has 0 bridgehead atoms. The van der Waals surface area contributed by atoms with Gasteiger partial charge in [-0.3, -0.25) is 4.39 Å². The molecule has 1 rings (SSSR count). The summed E-state index contributed by atoms with van der Waals surface area (Å²) in [6.45, 7) is 2.59. The van der Waals surface area contributed by atoms with Gasteiger partial charge in [0.1, 0.15) is 0 Å². The van der Waals surface area contributed by atoms with Crippen molar-refractivity contribution in [3.8, 4) is 0 Å². The van der Waals surface area contributed by atoms with E-state index in [1.54, 1.807) is 0 Å². The normalized spacial score (nSPS) is 19.8. The third kappa shape index (κ3) is 2.82. The Kier molecular flexibility index (Phi) is 4.95. The molecule has 0 unspecified atom stereocenters. The lowest BCUT2D eigenvalue weighted by Gasteiger charge is -2.36. The van der Waals surface area contributed by atoms with E-state index in [4.69, 9.17) is 5.73 Å². The highest BCUT2D eigenvalue weighted by Gasteiger charge is 2.21. The Morgan fingerprint density at radius 2 is 2.10 bits per heavy atom. The average Bonchev–Trinajstić information content (AvgIpc) is 1.78. The molecule has 1 aliphatic rings. The van der Waals surface area contributed by atoms with E-state index in [0.29, 0.717) is 12.5 Å². The Bertz CT molecular complexity index is 85.8. The third-order valence-electron chi connectivity index (χ3n) is 1.59. The van der Waals surface area contributed by atoms with Crippen molar-refractivity contribution >= 4 is 12.4 Å². The number of nitrogens with two attached hydrogens (primary N) is 1. The van der Waals surface area contributed by atoms with Gasteiger partial charge in [-0.2, -0.15) is 0 Å². The number of rotatable bonds is 3. The Morgan fingerprint density at radius 3 is 2.50 bits per heavy atom. The van der Waals surface area contributed by atoms with Gasteiger partial charge in [0, 0.05) is 25.7 Å². The molecule has 0 aliphatic carbocycles. The lowest BCUT2D eigenvalue weighted by molar-refractivity contribution is 0.145. The van der Waals surface area contributed by atoms with E-state index in [1.807, 2.05) is 0 Å². The zero-order valence-corrected chi connectivity index (χ0v) is 6.74. The van der Waals surface area contributed by atoms with Crippen molar-refractivity contribution in [3.05, 3.63) is 0 Å². The fourth-order valence-corrected chi connectivity index (χ4v) is 1.08. The number of likely N-dealkylation sites (tertiary alicyclic amines) is 1. The van der Waals surface area contributed by atoms with Crippen LogP contribution in [0.4, 0.5) is 4.39 Å². The molecule has 0 amide bonds. The number of alkyl halides is 1. The van der Waals surface area contributed by atoms with Crippen LogP contribution in [-0.2, 0) is 0 Å². The fraction of sp³-hybridized carbons (Fsp3) is 1.00. The van der Waals surface area contributed by atoms with Gasteiger partial charge in [0.2, 0.25) is 0 Å². The van der Waals surface area contributed by atoms with E-state index in [1.165, 1.54) is 0 Å². The SMILES string of the molecule is Cl.NC1CN(CCCF)C1. The van der Waals surface area contributed by atoms with Gasteiger partial charge in [0.15, 0.2) is 0 Å². The highest BCUT2D eigenvalue weighted by molar-refractivity contribution is 5.85. The quantitative estimate of drug-likeness (QED) is 0.662. The third-order valence-corrected chi connectivity index (χ3v) is 1.59. The van der Waals surface area contributed by atoms with Gasteiger partial charge in [-0.1, -0.05) is 0 Å².